The second-order valence-corrected chi connectivity index (χ2v) is 11.4. The molecule has 0 saturated carbocycles. The highest BCUT2D eigenvalue weighted by Crippen LogP contribution is 2.38. The van der Waals surface area contributed by atoms with Crippen molar-refractivity contribution >= 4 is 17.8 Å². The normalized spacial score (nSPS) is 22.3. The highest BCUT2D eigenvalue weighted by atomic mass is 16.5. The topological polar surface area (TPSA) is 100 Å². The van der Waals surface area contributed by atoms with Gasteiger partial charge in [-0.15, -0.1) is 0 Å². The number of fused-ring (bicyclic) bond motifs is 1. The van der Waals surface area contributed by atoms with Crippen LogP contribution in [0.2, 0.25) is 0 Å². The third kappa shape index (κ3) is 6.72. The molecule has 3 aliphatic heterocycles. The van der Waals surface area contributed by atoms with Gasteiger partial charge in [0.2, 0.25) is 17.8 Å². The van der Waals surface area contributed by atoms with Crippen LogP contribution in [0.25, 0.3) is 0 Å². The molecule has 0 bridgehead atoms. The van der Waals surface area contributed by atoms with Crippen molar-refractivity contribution in [3.05, 3.63) is 47.8 Å². The van der Waals surface area contributed by atoms with Crippen LogP contribution in [0.1, 0.15) is 49.5 Å². The number of rotatable bonds is 4. The smallest absolute Gasteiger partial charge is 0.236 e. The van der Waals surface area contributed by atoms with Crippen LogP contribution in [0.15, 0.2) is 36.5 Å². The molecule has 1 unspecified atom stereocenters. The number of aryl methyl sites for hydroxylation is 1. The molecule has 2 saturated heterocycles. The Kier molecular flexibility index (Phi) is 9.16. The van der Waals surface area contributed by atoms with Gasteiger partial charge in [0.15, 0.2) is 0 Å². The summed E-state index contributed by atoms with van der Waals surface area (Å²) in [5.41, 5.74) is 1.65. The lowest BCUT2D eigenvalue weighted by molar-refractivity contribution is -0.141. The number of nitrogens with one attached hydrogen (secondary N) is 1. The number of carbonyl (C=O) groups excluding carboxylic acids is 2. The van der Waals surface area contributed by atoms with Gasteiger partial charge in [-0.05, 0) is 62.9 Å². The molecule has 2 aromatic rings. The number of ether oxygens (including phenoxy) is 2. The number of amides is 2. The van der Waals surface area contributed by atoms with Crippen molar-refractivity contribution in [3.8, 4) is 5.75 Å². The van der Waals surface area contributed by atoms with Crippen LogP contribution in [0.4, 0.5) is 5.95 Å². The molecule has 216 valence electrons. The lowest BCUT2D eigenvalue weighted by Gasteiger charge is -2.41. The van der Waals surface area contributed by atoms with Crippen LogP contribution in [-0.4, -0.2) is 98.2 Å². The zero-order valence-electron chi connectivity index (χ0n) is 23.8. The summed E-state index contributed by atoms with van der Waals surface area (Å²) >= 11 is 0. The van der Waals surface area contributed by atoms with Gasteiger partial charge in [0, 0.05) is 26.8 Å². The average Bonchev–Trinajstić information content (AvgIpc) is 2.98. The Labute approximate surface area is 237 Å². The Morgan fingerprint density at radius 3 is 2.75 bits per heavy atom. The van der Waals surface area contributed by atoms with E-state index in [4.69, 9.17) is 9.47 Å². The molecule has 2 fully saturated rings. The van der Waals surface area contributed by atoms with E-state index in [-0.39, 0.29) is 23.3 Å². The molecule has 2 amide bonds. The van der Waals surface area contributed by atoms with E-state index < -0.39 is 0 Å². The zero-order valence-corrected chi connectivity index (χ0v) is 23.8. The van der Waals surface area contributed by atoms with E-state index in [9.17, 15) is 9.59 Å². The van der Waals surface area contributed by atoms with E-state index in [1.54, 1.807) is 6.20 Å². The molecule has 0 aliphatic carbocycles. The molecule has 1 aromatic heterocycles. The van der Waals surface area contributed by atoms with Gasteiger partial charge < -0.3 is 24.6 Å². The van der Waals surface area contributed by atoms with Crippen molar-refractivity contribution in [3.63, 3.8) is 0 Å². The van der Waals surface area contributed by atoms with Crippen LogP contribution in [-0.2, 0) is 20.7 Å². The van der Waals surface area contributed by atoms with E-state index in [0.717, 1.165) is 63.1 Å². The molecule has 1 atom stereocenters. The predicted molar refractivity (Wildman–Crippen MR) is 152 cm³/mol. The van der Waals surface area contributed by atoms with Crippen molar-refractivity contribution < 1.29 is 19.1 Å². The van der Waals surface area contributed by atoms with Crippen LogP contribution < -0.4 is 15.0 Å². The van der Waals surface area contributed by atoms with Crippen molar-refractivity contribution in [1.29, 1.82) is 0 Å². The van der Waals surface area contributed by atoms with Gasteiger partial charge in [-0.2, -0.15) is 0 Å². The number of nitrogens with zero attached hydrogens (tertiary/aromatic N) is 5. The number of anilines is 1. The largest absolute Gasteiger partial charge is 0.491 e. The van der Waals surface area contributed by atoms with E-state index in [2.05, 4.69) is 32.3 Å². The summed E-state index contributed by atoms with van der Waals surface area (Å²) in [6.45, 7) is 4.34. The zero-order chi connectivity index (χ0) is 28.0. The molecular formula is C30H42N6O4. The summed E-state index contributed by atoms with van der Waals surface area (Å²) < 4.78 is 11.9. The van der Waals surface area contributed by atoms with Crippen LogP contribution >= 0.6 is 0 Å². The van der Waals surface area contributed by atoms with Gasteiger partial charge in [-0.3, -0.25) is 14.5 Å². The number of likely N-dealkylation sites (tertiary alicyclic amines) is 1. The lowest BCUT2D eigenvalue weighted by atomic mass is 9.73. The van der Waals surface area contributed by atoms with Crippen LogP contribution in [0.3, 0.4) is 0 Å². The molecule has 10 heteroatoms. The molecule has 40 heavy (non-hydrogen) atoms. The Hall–Kier alpha value is -3.24. The monoisotopic (exact) mass is 550 g/mol. The van der Waals surface area contributed by atoms with E-state index in [1.807, 2.05) is 42.1 Å². The Bertz CT molecular complexity index is 1170. The first kappa shape index (κ1) is 28.3. The first-order valence-electron chi connectivity index (χ1n) is 14.5. The Morgan fingerprint density at radius 2 is 1.93 bits per heavy atom. The molecule has 0 radical (unpaired) electrons. The summed E-state index contributed by atoms with van der Waals surface area (Å²) in [5.74, 6) is 1.78. The van der Waals surface area contributed by atoms with E-state index in [1.165, 1.54) is 5.56 Å². The van der Waals surface area contributed by atoms with Crippen LogP contribution in [0.5, 0.6) is 5.75 Å². The molecule has 4 heterocycles. The first-order valence-corrected chi connectivity index (χ1v) is 14.5. The molecule has 3 aliphatic rings. The second-order valence-electron chi connectivity index (χ2n) is 11.4. The second kappa shape index (κ2) is 13.0. The van der Waals surface area contributed by atoms with Gasteiger partial charge in [-0.1, -0.05) is 24.6 Å². The molecule has 5 rings (SSSR count). The minimum absolute atomic E-state index is 0.102. The summed E-state index contributed by atoms with van der Waals surface area (Å²) in [4.78, 5) is 41.5. The van der Waals surface area contributed by atoms with Crippen LogP contribution in [0, 0.1) is 5.41 Å². The molecular weight excluding hydrogens is 508 g/mol. The number of piperidine rings is 1. The minimum Gasteiger partial charge on any atom is -0.491 e. The van der Waals surface area contributed by atoms with Gasteiger partial charge in [-0.25, -0.2) is 9.97 Å². The van der Waals surface area contributed by atoms with E-state index in [0.29, 0.717) is 45.3 Å². The van der Waals surface area contributed by atoms with Crippen molar-refractivity contribution in [2.45, 2.75) is 44.6 Å². The lowest BCUT2D eigenvalue weighted by Crippen LogP contribution is -2.52. The number of morpholine rings is 1. The highest BCUT2D eigenvalue weighted by molar-refractivity contribution is 5.83. The summed E-state index contributed by atoms with van der Waals surface area (Å²) in [6.07, 6.45) is 6.86. The number of carbonyl (C=O) groups is 2. The quantitative estimate of drug-likeness (QED) is 0.620. The predicted octanol–water partition coefficient (Wildman–Crippen LogP) is 2.45. The van der Waals surface area contributed by atoms with Crippen molar-refractivity contribution in [2.24, 2.45) is 5.41 Å². The highest BCUT2D eigenvalue weighted by Gasteiger charge is 2.41. The number of aromatic nitrogens is 2. The van der Waals surface area contributed by atoms with Gasteiger partial charge in [0.25, 0.3) is 0 Å². The number of hydrogen-bond acceptors (Lipinski definition) is 8. The number of benzene rings is 1. The summed E-state index contributed by atoms with van der Waals surface area (Å²) in [7, 11) is 3.80. The first-order chi connectivity index (χ1) is 19.4. The Morgan fingerprint density at radius 1 is 1.10 bits per heavy atom. The standard InChI is InChI=1S/C30H42N6O4/c1-34(2)29-32-14-10-24(33-29)26-21-36(18-20-40-26)27(37)22-35-16-12-30(13-17-35)11-6-5-8-23-7-3-4-9-25(23)39-19-15-31-28(30)38/h3-4,7,9-10,14,26H,5-6,8,11-13,15-22H2,1-2H3,(H,31,38). The SMILES string of the molecule is CN(C)c1nccc(C2CN(C(=O)CN3CCC4(CCCCc5ccccc5OCCNC4=O)CC3)CCO2)n1. The third-order valence-corrected chi connectivity index (χ3v) is 8.44. The summed E-state index contributed by atoms with van der Waals surface area (Å²) in [6, 6.07) is 10.1. The fraction of sp³-hybridized carbons (Fsp3) is 0.600. The molecule has 1 aromatic carbocycles. The molecule has 1 spiro atoms. The molecule has 1 N–H and O–H groups in total. The minimum atomic E-state index is -0.376. The van der Waals surface area contributed by atoms with E-state index >= 15 is 0 Å². The fourth-order valence-corrected chi connectivity index (χ4v) is 5.98. The maximum absolute atomic E-state index is 13.4. The van der Waals surface area contributed by atoms with Gasteiger partial charge >= 0.3 is 0 Å². The maximum Gasteiger partial charge on any atom is 0.236 e. The fourth-order valence-electron chi connectivity index (χ4n) is 5.98. The maximum atomic E-state index is 13.4. The number of hydrogen-bond donors (Lipinski definition) is 1. The van der Waals surface area contributed by atoms with Gasteiger partial charge in [0.1, 0.15) is 18.5 Å². The third-order valence-electron chi connectivity index (χ3n) is 8.44. The number of para-hydroxylation sites is 1. The van der Waals surface area contributed by atoms with Gasteiger partial charge in [0.05, 0.1) is 37.4 Å². The Balaban J connectivity index is 1.15. The average molecular weight is 551 g/mol. The molecule has 10 nitrogen and oxygen atoms in total. The summed E-state index contributed by atoms with van der Waals surface area (Å²) in [5, 5.41) is 3.15. The van der Waals surface area contributed by atoms with Crippen molar-refractivity contribution in [1.82, 2.24) is 25.1 Å². The van der Waals surface area contributed by atoms with Crippen molar-refractivity contribution in [2.75, 3.05) is 71.5 Å².